The number of likely N-dealkylation sites (N-methyl/N-ethyl adjacent to an activating group) is 1. The molecule has 33 heavy (non-hydrogen) atoms. The summed E-state index contributed by atoms with van der Waals surface area (Å²) in [5.74, 6) is 1.38. The van der Waals surface area contributed by atoms with Crippen molar-refractivity contribution in [1.82, 2.24) is 4.90 Å². The lowest BCUT2D eigenvalue weighted by atomic mass is 10.0. The van der Waals surface area contributed by atoms with E-state index < -0.39 is 0 Å². The summed E-state index contributed by atoms with van der Waals surface area (Å²) in [6.07, 6.45) is 1.15. The van der Waals surface area contributed by atoms with Gasteiger partial charge in [-0.25, -0.2) is 0 Å². The normalized spacial score (nSPS) is 12.5. The van der Waals surface area contributed by atoms with E-state index in [1.807, 2.05) is 73.7 Å². The van der Waals surface area contributed by atoms with Crippen LogP contribution in [0.4, 0.5) is 5.69 Å². The first-order valence-corrected chi connectivity index (χ1v) is 11.2. The van der Waals surface area contributed by atoms with Crippen LogP contribution in [0.25, 0.3) is 0 Å². The summed E-state index contributed by atoms with van der Waals surface area (Å²) in [6, 6.07) is 23.4. The molecule has 0 spiro atoms. The third-order valence-electron chi connectivity index (χ3n) is 5.61. The maximum Gasteiger partial charge on any atom is 0.260 e. The fourth-order valence-corrected chi connectivity index (χ4v) is 3.71. The fraction of sp³-hybridized carbons (Fsp3) is 0.259. The number of hydrogen-bond acceptors (Lipinski definition) is 4. The van der Waals surface area contributed by atoms with Crippen LogP contribution >= 0.6 is 0 Å². The molecule has 0 saturated heterocycles. The summed E-state index contributed by atoms with van der Waals surface area (Å²) >= 11 is 0. The number of ether oxygens (including phenoxy) is 2. The first-order chi connectivity index (χ1) is 16.1. The van der Waals surface area contributed by atoms with Crippen molar-refractivity contribution < 1.29 is 19.1 Å². The zero-order chi connectivity index (χ0) is 23.0. The van der Waals surface area contributed by atoms with Crippen LogP contribution in [0.5, 0.6) is 11.5 Å². The summed E-state index contributed by atoms with van der Waals surface area (Å²) in [5.41, 5.74) is 3.99. The smallest absolute Gasteiger partial charge is 0.260 e. The quantitative estimate of drug-likeness (QED) is 0.525. The van der Waals surface area contributed by atoms with Crippen LogP contribution < -0.4 is 14.8 Å². The van der Waals surface area contributed by atoms with Gasteiger partial charge in [-0.2, -0.15) is 0 Å². The highest BCUT2D eigenvalue weighted by atomic mass is 16.5. The maximum absolute atomic E-state index is 12.7. The van der Waals surface area contributed by atoms with Gasteiger partial charge in [0.2, 0.25) is 5.91 Å². The Balaban J connectivity index is 1.28. The molecule has 170 valence electrons. The molecular weight excluding hydrogens is 416 g/mol. The van der Waals surface area contributed by atoms with Gasteiger partial charge in [-0.05, 0) is 60.4 Å². The van der Waals surface area contributed by atoms with Crippen LogP contribution in [0, 0.1) is 0 Å². The number of nitrogens with one attached hydrogen (secondary N) is 1. The lowest BCUT2D eigenvalue weighted by Gasteiger charge is -2.22. The van der Waals surface area contributed by atoms with E-state index in [1.165, 1.54) is 0 Å². The second-order valence-corrected chi connectivity index (χ2v) is 7.98. The Morgan fingerprint density at radius 1 is 0.909 bits per heavy atom. The van der Waals surface area contributed by atoms with Gasteiger partial charge >= 0.3 is 0 Å². The van der Waals surface area contributed by atoms with Crippen LogP contribution in [0.15, 0.2) is 72.8 Å². The zero-order valence-corrected chi connectivity index (χ0v) is 18.8. The molecule has 1 heterocycles. The molecule has 0 fully saturated rings. The SMILES string of the molecule is CCN(Cc1ccc(OCc2ccccc2)cc1)C(=O)COc1ccc2c(c1)CCC(=O)N2. The molecule has 3 aromatic carbocycles. The van der Waals surface area contributed by atoms with E-state index in [9.17, 15) is 9.59 Å². The molecule has 1 aliphatic heterocycles. The van der Waals surface area contributed by atoms with Crippen molar-refractivity contribution in [2.75, 3.05) is 18.5 Å². The molecule has 6 heteroatoms. The van der Waals surface area contributed by atoms with Gasteiger partial charge in [0.1, 0.15) is 18.1 Å². The highest BCUT2D eigenvalue weighted by molar-refractivity contribution is 5.94. The Labute approximate surface area is 194 Å². The van der Waals surface area contributed by atoms with E-state index >= 15 is 0 Å². The third-order valence-corrected chi connectivity index (χ3v) is 5.61. The van der Waals surface area contributed by atoms with Crippen molar-refractivity contribution in [3.8, 4) is 11.5 Å². The Kier molecular flexibility index (Phi) is 7.25. The summed E-state index contributed by atoms with van der Waals surface area (Å²) in [5, 5.41) is 2.85. The minimum atomic E-state index is -0.0760. The number of carbonyl (C=O) groups is 2. The number of anilines is 1. The number of aryl methyl sites for hydroxylation is 1. The zero-order valence-electron chi connectivity index (χ0n) is 18.8. The Hall–Kier alpha value is -3.80. The molecule has 0 bridgehead atoms. The average molecular weight is 445 g/mol. The van der Waals surface area contributed by atoms with Crippen LogP contribution in [0.2, 0.25) is 0 Å². The van der Waals surface area contributed by atoms with E-state index in [2.05, 4.69) is 5.32 Å². The van der Waals surface area contributed by atoms with Crippen molar-refractivity contribution in [2.45, 2.75) is 32.9 Å². The number of nitrogens with zero attached hydrogens (tertiary/aromatic N) is 1. The third kappa shape index (κ3) is 6.13. The highest BCUT2D eigenvalue weighted by Crippen LogP contribution is 2.27. The summed E-state index contributed by atoms with van der Waals surface area (Å²) in [4.78, 5) is 26.0. The van der Waals surface area contributed by atoms with Crippen molar-refractivity contribution in [2.24, 2.45) is 0 Å². The van der Waals surface area contributed by atoms with Gasteiger partial charge in [0.15, 0.2) is 6.61 Å². The lowest BCUT2D eigenvalue weighted by molar-refractivity contribution is -0.133. The molecular formula is C27H28N2O4. The average Bonchev–Trinajstić information content (AvgIpc) is 2.86. The Morgan fingerprint density at radius 3 is 2.42 bits per heavy atom. The molecule has 3 aromatic rings. The molecule has 1 aliphatic rings. The number of fused-ring (bicyclic) bond motifs is 1. The van der Waals surface area contributed by atoms with Crippen LogP contribution in [-0.2, 0) is 29.2 Å². The molecule has 0 saturated carbocycles. The summed E-state index contributed by atoms with van der Waals surface area (Å²) < 4.78 is 11.6. The number of rotatable bonds is 9. The van der Waals surface area contributed by atoms with Gasteiger partial charge in [-0.3, -0.25) is 9.59 Å². The number of hydrogen-bond donors (Lipinski definition) is 1. The van der Waals surface area contributed by atoms with Crippen molar-refractivity contribution in [1.29, 1.82) is 0 Å². The minimum absolute atomic E-state index is 0.0284. The van der Waals surface area contributed by atoms with Crippen LogP contribution in [-0.4, -0.2) is 29.9 Å². The van der Waals surface area contributed by atoms with E-state index in [-0.39, 0.29) is 18.4 Å². The molecule has 0 aromatic heterocycles. The first kappa shape index (κ1) is 22.4. The van der Waals surface area contributed by atoms with Gasteiger partial charge in [-0.1, -0.05) is 42.5 Å². The van der Waals surface area contributed by atoms with Gasteiger partial charge in [0.05, 0.1) is 0 Å². The van der Waals surface area contributed by atoms with Crippen molar-refractivity contribution in [3.63, 3.8) is 0 Å². The van der Waals surface area contributed by atoms with Crippen molar-refractivity contribution >= 4 is 17.5 Å². The maximum atomic E-state index is 12.7. The molecule has 1 N–H and O–H groups in total. The predicted octanol–water partition coefficient (Wildman–Crippen LogP) is 4.58. The standard InChI is InChI=1S/C27H28N2O4/c1-2-29(17-20-8-11-23(12-9-20)32-18-21-6-4-3-5-7-21)27(31)19-33-24-13-14-25-22(16-24)10-15-26(30)28-25/h3-9,11-14,16H,2,10,15,17-19H2,1H3,(H,28,30). The van der Waals surface area contributed by atoms with Gasteiger partial charge in [-0.15, -0.1) is 0 Å². The Bertz CT molecular complexity index is 1100. The topological polar surface area (TPSA) is 67.9 Å². The van der Waals surface area contributed by atoms with Crippen molar-refractivity contribution in [3.05, 3.63) is 89.5 Å². The molecule has 6 nitrogen and oxygen atoms in total. The van der Waals surface area contributed by atoms with Gasteiger partial charge in [0, 0.05) is 25.2 Å². The number of benzene rings is 3. The summed E-state index contributed by atoms with van der Waals surface area (Å²) in [6.45, 7) is 3.54. The molecule has 2 amide bonds. The summed E-state index contributed by atoms with van der Waals surface area (Å²) in [7, 11) is 0. The second kappa shape index (κ2) is 10.7. The predicted molar refractivity (Wildman–Crippen MR) is 127 cm³/mol. The monoisotopic (exact) mass is 444 g/mol. The molecule has 0 radical (unpaired) electrons. The van der Waals surface area contributed by atoms with E-state index in [1.54, 1.807) is 11.0 Å². The lowest BCUT2D eigenvalue weighted by Crippen LogP contribution is -2.34. The largest absolute Gasteiger partial charge is 0.489 e. The van der Waals surface area contributed by atoms with Gasteiger partial charge in [0.25, 0.3) is 5.91 Å². The minimum Gasteiger partial charge on any atom is -0.489 e. The van der Waals surface area contributed by atoms with E-state index in [0.717, 1.165) is 28.1 Å². The van der Waals surface area contributed by atoms with Crippen LogP contribution in [0.3, 0.4) is 0 Å². The highest BCUT2D eigenvalue weighted by Gasteiger charge is 2.17. The van der Waals surface area contributed by atoms with Crippen LogP contribution in [0.1, 0.15) is 30.0 Å². The van der Waals surface area contributed by atoms with Gasteiger partial charge < -0.3 is 19.7 Å². The second-order valence-electron chi connectivity index (χ2n) is 7.98. The first-order valence-electron chi connectivity index (χ1n) is 11.2. The van der Waals surface area contributed by atoms with E-state index in [4.69, 9.17) is 9.47 Å². The molecule has 4 rings (SSSR count). The molecule has 0 unspecified atom stereocenters. The number of carbonyl (C=O) groups excluding carboxylic acids is 2. The van der Waals surface area contributed by atoms with E-state index in [0.29, 0.717) is 38.3 Å². The molecule has 0 atom stereocenters. The fourth-order valence-electron chi connectivity index (χ4n) is 3.71. The molecule has 0 aliphatic carbocycles. The Morgan fingerprint density at radius 2 is 1.67 bits per heavy atom. The number of amides is 2.